The van der Waals surface area contributed by atoms with Crippen LogP contribution < -0.4 is 5.32 Å². The van der Waals surface area contributed by atoms with Gasteiger partial charge in [0.05, 0.1) is 11.4 Å². The lowest BCUT2D eigenvalue weighted by molar-refractivity contribution is -0.118. The second kappa shape index (κ2) is 7.76. The lowest BCUT2D eigenvalue weighted by Crippen LogP contribution is -2.35. The summed E-state index contributed by atoms with van der Waals surface area (Å²) >= 11 is 0. The van der Waals surface area contributed by atoms with Gasteiger partial charge in [0.25, 0.3) is 0 Å². The second-order valence-electron chi connectivity index (χ2n) is 5.98. The summed E-state index contributed by atoms with van der Waals surface area (Å²) in [5.74, 6) is -0.602. The van der Waals surface area contributed by atoms with Gasteiger partial charge in [-0.2, -0.15) is 0 Å². The molecule has 1 amide bonds. The summed E-state index contributed by atoms with van der Waals surface area (Å²) < 4.78 is 29.0. The summed E-state index contributed by atoms with van der Waals surface area (Å²) in [6, 6.07) is 0. The van der Waals surface area contributed by atoms with E-state index in [9.17, 15) is 13.2 Å². The average Bonchev–Trinajstić information content (AvgIpc) is 2.92. The van der Waals surface area contributed by atoms with Crippen LogP contribution in [0, 0.1) is 5.92 Å². The molecule has 1 saturated carbocycles. The van der Waals surface area contributed by atoms with Gasteiger partial charge in [0.2, 0.25) is 5.91 Å². The average molecular weight is 328 g/mol. The number of carbonyl (C=O) groups excluding carboxylic acids is 1. The topological polar surface area (TPSA) is 89.3 Å². The summed E-state index contributed by atoms with van der Waals surface area (Å²) in [7, 11) is -3.50. The maximum atomic E-state index is 12.1. The Morgan fingerprint density at radius 3 is 2.77 bits per heavy atom. The molecule has 6 nitrogen and oxygen atoms in total. The van der Waals surface area contributed by atoms with E-state index in [4.69, 9.17) is 4.52 Å². The molecule has 1 fully saturated rings. The van der Waals surface area contributed by atoms with Gasteiger partial charge in [0.1, 0.15) is 12.0 Å². The normalized spacial score (nSPS) is 16.6. The quantitative estimate of drug-likeness (QED) is 0.825. The van der Waals surface area contributed by atoms with E-state index >= 15 is 0 Å². The molecule has 0 unspecified atom stereocenters. The van der Waals surface area contributed by atoms with Crippen molar-refractivity contribution < 1.29 is 17.7 Å². The number of nitrogens with zero attached hydrogens (tertiary/aromatic N) is 1. The molecular weight excluding hydrogens is 304 g/mol. The molecule has 1 aromatic heterocycles. The van der Waals surface area contributed by atoms with Crippen LogP contribution in [0.5, 0.6) is 0 Å². The molecule has 1 aliphatic carbocycles. The van der Waals surface area contributed by atoms with E-state index in [1.807, 2.05) is 6.92 Å². The van der Waals surface area contributed by atoms with Crippen molar-refractivity contribution in [2.75, 3.05) is 12.3 Å². The molecule has 0 aromatic carbocycles. The Morgan fingerprint density at radius 2 is 2.09 bits per heavy atom. The highest BCUT2D eigenvalue weighted by molar-refractivity contribution is 7.91. The third-order valence-electron chi connectivity index (χ3n) is 4.10. The number of hydrogen-bond donors (Lipinski definition) is 1. The van der Waals surface area contributed by atoms with Gasteiger partial charge < -0.3 is 9.84 Å². The zero-order chi connectivity index (χ0) is 16.0. The van der Waals surface area contributed by atoms with Crippen LogP contribution in [0.25, 0.3) is 0 Å². The van der Waals surface area contributed by atoms with Gasteiger partial charge >= 0.3 is 0 Å². The first-order valence-corrected chi connectivity index (χ1v) is 9.71. The van der Waals surface area contributed by atoms with Gasteiger partial charge in [-0.15, -0.1) is 0 Å². The predicted octanol–water partition coefficient (Wildman–Crippen LogP) is 1.85. The Morgan fingerprint density at radius 1 is 1.36 bits per heavy atom. The van der Waals surface area contributed by atoms with E-state index in [-0.39, 0.29) is 5.75 Å². The highest BCUT2D eigenvalue weighted by Crippen LogP contribution is 2.22. The molecule has 1 aromatic rings. The summed E-state index contributed by atoms with van der Waals surface area (Å²) in [5.41, 5.74) is 1.17. The predicted molar refractivity (Wildman–Crippen MR) is 83.0 cm³/mol. The first-order chi connectivity index (χ1) is 10.5. The summed E-state index contributed by atoms with van der Waals surface area (Å²) in [6.07, 6.45) is 7.85. The van der Waals surface area contributed by atoms with Crippen molar-refractivity contribution >= 4 is 15.7 Å². The van der Waals surface area contributed by atoms with Gasteiger partial charge in [-0.3, -0.25) is 4.79 Å². The smallest absolute Gasteiger partial charge is 0.235 e. The first kappa shape index (κ1) is 17.0. The third kappa shape index (κ3) is 5.12. The second-order valence-corrected chi connectivity index (χ2v) is 8.04. The number of sulfone groups is 1. The minimum Gasteiger partial charge on any atom is -0.364 e. The molecule has 124 valence electrons. The fourth-order valence-electron chi connectivity index (χ4n) is 2.88. The highest BCUT2D eigenvalue weighted by Gasteiger charge is 2.21. The van der Waals surface area contributed by atoms with Crippen molar-refractivity contribution in [3.05, 3.63) is 17.5 Å². The van der Waals surface area contributed by atoms with E-state index in [2.05, 4.69) is 10.5 Å². The van der Waals surface area contributed by atoms with Crippen LogP contribution in [0.15, 0.2) is 10.8 Å². The van der Waals surface area contributed by atoms with Gasteiger partial charge in [0.15, 0.2) is 9.84 Å². The molecule has 0 atom stereocenters. The number of carbonyl (C=O) groups is 1. The Hall–Kier alpha value is -1.37. The fraction of sp³-hybridized carbons (Fsp3) is 0.733. The number of aryl methyl sites for hydroxylation is 1. The summed E-state index contributed by atoms with van der Waals surface area (Å²) in [6.45, 7) is 2.46. The van der Waals surface area contributed by atoms with Gasteiger partial charge in [-0.1, -0.05) is 31.3 Å². The van der Waals surface area contributed by atoms with Crippen LogP contribution in [0.3, 0.4) is 0 Å². The number of hydrogen-bond acceptors (Lipinski definition) is 5. The van der Waals surface area contributed by atoms with E-state index in [1.165, 1.54) is 25.5 Å². The zero-order valence-corrected chi connectivity index (χ0v) is 13.8. The zero-order valence-electron chi connectivity index (χ0n) is 13.0. The van der Waals surface area contributed by atoms with E-state index in [0.29, 0.717) is 30.1 Å². The van der Waals surface area contributed by atoms with Crippen LogP contribution in [0.2, 0.25) is 0 Å². The Bertz CT molecular complexity index is 588. The standard InChI is InChI=1S/C15H24N2O4S/c1-2-14-13(9-21-17-14)10-22(19,20)11-15(18)16-8-12-6-4-3-5-7-12/h9,12H,2-8,10-11H2,1H3,(H,16,18). The Kier molecular flexibility index (Phi) is 5.99. The van der Waals surface area contributed by atoms with Crippen molar-refractivity contribution in [3.8, 4) is 0 Å². The molecule has 22 heavy (non-hydrogen) atoms. The lowest BCUT2D eigenvalue weighted by atomic mass is 9.89. The van der Waals surface area contributed by atoms with E-state index in [1.54, 1.807) is 0 Å². The minimum absolute atomic E-state index is 0.198. The third-order valence-corrected chi connectivity index (χ3v) is 5.56. The molecule has 0 aliphatic heterocycles. The first-order valence-electron chi connectivity index (χ1n) is 7.89. The van der Waals surface area contributed by atoms with Gasteiger partial charge in [0, 0.05) is 12.1 Å². The molecule has 0 saturated heterocycles. The minimum atomic E-state index is -3.50. The number of aromatic nitrogens is 1. The van der Waals surface area contributed by atoms with Crippen LogP contribution >= 0.6 is 0 Å². The van der Waals surface area contributed by atoms with Crippen molar-refractivity contribution in [3.63, 3.8) is 0 Å². The molecule has 7 heteroatoms. The fourth-order valence-corrected chi connectivity index (χ4v) is 4.19. The molecule has 0 bridgehead atoms. The molecular formula is C15H24N2O4S. The van der Waals surface area contributed by atoms with E-state index in [0.717, 1.165) is 12.8 Å². The highest BCUT2D eigenvalue weighted by atomic mass is 32.2. The number of nitrogens with one attached hydrogen (secondary N) is 1. The lowest BCUT2D eigenvalue weighted by Gasteiger charge is -2.21. The maximum Gasteiger partial charge on any atom is 0.235 e. The van der Waals surface area contributed by atoms with E-state index < -0.39 is 21.5 Å². The molecule has 1 N–H and O–H groups in total. The van der Waals surface area contributed by atoms with Crippen molar-refractivity contribution in [2.45, 2.75) is 51.2 Å². The van der Waals surface area contributed by atoms with Crippen molar-refractivity contribution in [1.82, 2.24) is 10.5 Å². The monoisotopic (exact) mass is 328 g/mol. The molecule has 0 spiro atoms. The van der Waals surface area contributed by atoms with Crippen molar-refractivity contribution in [1.29, 1.82) is 0 Å². The van der Waals surface area contributed by atoms with Crippen LogP contribution in [0.1, 0.15) is 50.3 Å². The maximum absolute atomic E-state index is 12.1. The molecule has 1 heterocycles. The summed E-state index contributed by atoms with van der Waals surface area (Å²) in [5, 5.41) is 6.52. The summed E-state index contributed by atoms with van der Waals surface area (Å²) in [4.78, 5) is 11.9. The molecule has 1 aliphatic rings. The van der Waals surface area contributed by atoms with Crippen LogP contribution in [-0.2, 0) is 26.8 Å². The Balaban J connectivity index is 1.81. The van der Waals surface area contributed by atoms with Crippen LogP contribution in [-0.4, -0.2) is 31.8 Å². The Labute approximate surface area is 131 Å². The molecule has 2 rings (SSSR count). The van der Waals surface area contributed by atoms with Gasteiger partial charge in [-0.05, 0) is 25.2 Å². The number of amides is 1. The largest absolute Gasteiger partial charge is 0.364 e. The number of rotatable bonds is 7. The SMILES string of the molecule is CCc1nocc1CS(=O)(=O)CC(=O)NCC1CCCCC1. The van der Waals surface area contributed by atoms with Crippen LogP contribution in [0.4, 0.5) is 0 Å². The molecule has 0 radical (unpaired) electrons. The van der Waals surface area contributed by atoms with Crippen molar-refractivity contribution in [2.24, 2.45) is 5.92 Å². The van der Waals surface area contributed by atoms with Gasteiger partial charge in [-0.25, -0.2) is 8.42 Å².